The highest BCUT2D eigenvalue weighted by molar-refractivity contribution is 6.04. The number of rotatable bonds is 5. The molecule has 2 aromatic rings. The third-order valence-electron chi connectivity index (χ3n) is 4.25. The van der Waals surface area contributed by atoms with E-state index < -0.39 is 0 Å². The van der Waals surface area contributed by atoms with Crippen LogP contribution in [0.1, 0.15) is 28.5 Å². The number of nitrogens with one attached hydrogen (secondary N) is 1. The van der Waals surface area contributed by atoms with Gasteiger partial charge in [-0.3, -0.25) is 14.7 Å². The van der Waals surface area contributed by atoms with Gasteiger partial charge in [0.15, 0.2) is 0 Å². The molecule has 1 amide bonds. The average Bonchev–Trinajstić information content (AvgIpc) is 2.64. The van der Waals surface area contributed by atoms with Crippen LogP contribution in [0.2, 0.25) is 0 Å². The van der Waals surface area contributed by atoms with Gasteiger partial charge in [-0.2, -0.15) is 0 Å². The number of hydrogen-bond donors (Lipinski definition) is 1. The van der Waals surface area contributed by atoms with Gasteiger partial charge in [-0.1, -0.05) is 31.2 Å². The van der Waals surface area contributed by atoms with Crippen molar-refractivity contribution in [1.29, 1.82) is 0 Å². The van der Waals surface area contributed by atoms with E-state index in [4.69, 9.17) is 4.74 Å². The van der Waals surface area contributed by atoms with Gasteiger partial charge in [0.1, 0.15) is 5.69 Å². The minimum absolute atomic E-state index is 0.151. The maximum Gasteiger partial charge on any atom is 0.274 e. The minimum atomic E-state index is -0.151. The number of benzene rings is 1. The molecule has 2 heterocycles. The largest absolute Gasteiger partial charge is 0.379 e. The van der Waals surface area contributed by atoms with Gasteiger partial charge in [0, 0.05) is 31.5 Å². The summed E-state index contributed by atoms with van der Waals surface area (Å²) in [5.74, 6) is -0.151. The number of nitrogens with zero attached hydrogens (tertiary/aromatic N) is 2. The summed E-state index contributed by atoms with van der Waals surface area (Å²) in [6.45, 7) is 6.21. The van der Waals surface area contributed by atoms with E-state index in [1.54, 1.807) is 6.20 Å². The Labute approximate surface area is 142 Å². The van der Waals surface area contributed by atoms with Crippen molar-refractivity contribution >= 4 is 11.6 Å². The van der Waals surface area contributed by atoms with Crippen LogP contribution < -0.4 is 5.32 Å². The second kappa shape index (κ2) is 8.04. The van der Waals surface area contributed by atoms with E-state index in [0.29, 0.717) is 5.69 Å². The topological polar surface area (TPSA) is 54.5 Å². The van der Waals surface area contributed by atoms with Crippen molar-refractivity contribution in [3.63, 3.8) is 0 Å². The first kappa shape index (κ1) is 16.6. The van der Waals surface area contributed by atoms with Crippen LogP contribution in [-0.4, -0.2) is 42.1 Å². The second-order valence-electron chi connectivity index (χ2n) is 5.86. The average molecular weight is 325 g/mol. The molecule has 0 atom stereocenters. The van der Waals surface area contributed by atoms with Crippen LogP contribution in [0.25, 0.3) is 0 Å². The fraction of sp³-hybridized carbons (Fsp3) is 0.368. The third kappa shape index (κ3) is 3.99. The van der Waals surface area contributed by atoms with Crippen molar-refractivity contribution in [1.82, 2.24) is 9.88 Å². The number of aromatic nitrogens is 1. The maximum atomic E-state index is 12.6. The van der Waals surface area contributed by atoms with Crippen molar-refractivity contribution in [2.75, 3.05) is 31.6 Å². The summed E-state index contributed by atoms with van der Waals surface area (Å²) in [7, 11) is 0. The molecule has 1 fully saturated rings. The molecule has 1 aromatic carbocycles. The molecule has 1 aliphatic rings. The molecule has 0 radical (unpaired) electrons. The first-order valence-electron chi connectivity index (χ1n) is 8.41. The van der Waals surface area contributed by atoms with Crippen LogP contribution in [0, 0.1) is 0 Å². The second-order valence-corrected chi connectivity index (χ2v) is 5.86. The minimum Gasteiger partial charge on any atom is -0.379 e. The zero-order valence-electron chi connectivity index (χ0n) is 14.0. The molecular weight excluding hydrogens is 302 g/mol. The zero-order chi connectivity index (χ0) is 16.8. The summed E-state index contributed by atoms with van der Waals surface area (Å²) in [5.41, 5.74) is 3.42. The summed E-state index contributed by atoms with van der Waals surface area (Å²) >= 11 is 0. The molecule has 1 aromatic heterocycles. The molecule has 3 rings (SSSR count). The number of para-hydroxylation sites is 1. The van der Waals surface area contributed by atoms with E-state index in [-0.39, 0.29) is 5.91 Å². The number of carbonyl (C=O) groups excluding carboxylic acids is 1. The van der Waals surface area contributed by atoms with E-state index in [0.717, 1.165) is 56.1 Å². The summed E-state index contributed by atoms with van der Waals surface area (Å²) in [5, 5.41) is 3.03. The van der Waals surface area contributed by atoms with Gasteiger partial charge >= 0.3 is 0 Å². The number of pyridine rings is 1. The number of carbonyl (C=O) groups is 1. The van der Waals surface area contributed by atoms with Gasteiger partial charge in [-0.25, -0.2) is 0 Å². The third-order valence-corrected chi connectivity index (χ3v) is 4.25. The smallest absolute Gasteiger partial charge is 0.274 e. The predicted octanol–water partition coefficient (Wildman–Crippen LogP) is 2.73. The Kier molecular flexibility index (Phi) is 5.56. The molecule has 0 saturated carbocycles. The molecule has 24 heavy (non-hydrogen) atoms. The molecule has 5 nitrogen and oxygen atoms in total. The quantitative estimate of drug-likeness (QED) is 0.918. The Morgan fingerprint density at radius 1 is 1.17 bits per heavy atom. The number of hydrogen-bond acceptors (Lipinski definition) is 4. The van der Waals surface area contributed by atoms with Gasteiger partial charge in [0.25, 0.3) is 5.91 Å². The maximum absolute atomic E-state index is 12.6. The number of ether oxygens (including phenoxy) is 1. The molecule has 1 saturated heterocycles. The Morgan fingerprint density at radius 2 is 1.92 bits per heavy atom. The highest BCUT2D eigenvalue weighted by Gasteiger charge is 2.16. The van der Waals surface area contributed by atoms with Gasteiger partial charge in [-0.05, 0) is 29.7 Å². The SMILES string of the molecule is CCc1cccnc1C(=O)Nc1ccccc1CN1CCOCC1. The van der Waals surface area contributed by atoms with Crippen molar-refractivity contribution < 1.29 is 9.53 Å². The van der Waals surface area contributed by atoms with Crippen LogP contribution >= 0.6 is 0 Å². The summed E-state index contributed by atoms with van der Waals surface area (Å²) in [6, 6.07) is 11.8. The highest BCUT2D eigenvalue weighted by atomic mass is 16.5. The van der Waals surface area contributed by atoms with Crippen molar-refractivity contribution in [3.05, 3.63) is 59.4 Å². The molecule has 0 aliphatic carbocycles. The lowest BCUT2D eigenvalue weighted by Crippen LogP contribution is -2.35. The lowest BCUT2D eigenvalue weighted by atomic mass is 10.1. The van der Waals surface area contributed by atoms with Crippen LogP contribution in [-0.2, 0) is 17.7 Å². The first-order chi connectivity index (χ1) is 11.8. The zero-order valence-corrected chi connectivity index (χ0v) is 14.0. The van der Waals surface area contributed by atoms with E-state index in [2.05, 4.69) is 21.3 Å². The number of amides is 1. The van der Waals surface area contributed by atoms with Gasteiger partial charge < -0.3 is 10.1 Å². The fourth-order valence-electron chi connectivity index (χ4n) is 2.89. The van der Waals surface area contributed by atoms with E-state index in [9.17, 15) is 4.79 Å². The van der Waals surface area contributed by atoms with Crippen LogP contribution in [0.4, 0.5) is 5.69 Å². The van der Waals surface area contributed by atoms with Crippen molar-refractivity contribution in [2.45, 2.75) is 19.9 Å². The van der Waals surface area contributed by atoms with Gasteiger partial charge in [0.05, 0.1) is 13.2 Å². The Bertz CT molecular complexity index is 697. The summed E-state index contributed by atoms with van der Waals surface area (Å²) < 4.78 is 5.40. The molecule has 5 heteroatoms. The summed E-state index contributed by atoms with van der Waals surface area (Å²) in [4.78, 5) is 19.2. The first-order valence-corrected chi connectivity index (χ1v) is 8.41. The molecule has 1 aliphatic heterocycles. The van der Waals surface area contributed by atoms with Gasteiger partial charge in [0.2, 0.25) is 0 Å². The number of morpholine rings is 1. The fourth-order valence-corrected chi connectivity index (χ4v) is 2.89. The number of aryl methyl sites for hydroxylation is 1. The molecule has 126 valence electrons. The van der Waals surface area contributed by atoms with Gasteiger partial charge in [-0.15, -0.1) is 0 Å². The van der Waals surface area contributed by atoms with Crippen molar-refractivity contribution in [3.8, 4) is 0 Å². The molecule has 1 N–H and O–H groups in total. The van der Waals surface area contributed by atoms with Crippen LogP contribution in [0.15, 0.2) is 42.6 Å². The molecular formula is C19H23N3O2. The Balaban J connectivity index is 1.76. The standard InChI is InChI=1S/C19H23N3O2/c1-2-15-7-5-9-20-18(15)19(23)21-17-8-4-3-6-16(17)14-22-10-12-24-13-11-22/h3-9H,2,10-14H2,1H3,(H,21,23). The number of anilines is 1. The Hall–Kier alpha value is -2.24. The van der Waals surface area contributed by atoms with E-state index in [1.165, 1.54) is 0 Å². The Morgan fingerprint density at radius 3 is 2.71 bits per heavy atom. The normalized spacial score (nSPS) is 15.2. The van der Waals surface area contributed by atoms with Crippen LogP contribution in [0.5, 0.6) is 0 Å². The van der Waals surface area contributed by atoms with Crippen molar-refractivity contribution in [2.24, 2.45) is 0 Å². The van der Waals surface area contributed by atoms with E-state index in [1.807, 2.05) is 37.3 Å². The molecule has 0 unspecified atom stereocenters. The highest BCUT2D eigenvalue weighted by Crippen LogP contribution is 2.19. The molecule has 0 spiro atoms. The summed E-state index contributed by atoms with van der Waals surface area (Å²) in [6.07, 6.45) is 2.44. The lowest BCUT2D eigenvalue weighted by molar-refractivity contribution is 0.0342. The predicted molar refractivity (Wildman–Crippen MR) is 94.1 cm³/mol. The van der Waals surface area contributed by atoms with Crippen LogP contribution in [0.3, 0.4) is 0 Å². The lowest BCUT2D eigenvalue weighted by Gasteiger charge is -2.27. The van der Waals surface area contributed by atoms with E-state index >= 15 is 0 Å². The monoisotopic (exact) mass is 325 g/mol. The molecule has 0 bridgehead atoms.